The Morgan fingerprint density at radius 1 is 0.958 bits per heavy atom. The molecule has 0 aliphatic heterocycles. The van der Waals surface area contributed by atoms with E-state index in [4.69, 9.17) is 0 Å². The lowest BCUT2D eigenvalue weighted by atomic mass is 10.1. The van der Waals surface area contributed by atoms with Crippen molar-refractivity contribution in [3.63, 3.8) is 0 Å². The first-order valence-electron chi connectivity index (χ1n) is 6.93. The van der Waals surface area contributed by atoms with Crippen LogP contribution in [-0.2, 0) is 0 Å². The van der Waals surface area contributed by atoms with Gasteiger partial charge in [-0.2, -0.15) is 20.5 Å². The highest BCUT2D eigenvalue weighted by molar-refractivity contribution is 6.05. The van der Waals surface area contributed by atoms with Gasteiger partial charge >= 0.3 is 5.97 Å². The summed E-state index contributed by atoms with van der Waals surface area (Å²) in [6.07, 6.45) is 0. The third-order valence-electron chi connectivity index (χ3n) is 3.04. The maximum Gasteiger partial charge on any atom is 0.338 e. The number of rotatable bonds is 5. The molecular weight excluding hydrogens is 310 g/mol. The number of carboxylic acids is 1. The molecule has 0 saturated heterocycles. The predicted octanol–water partition coefficient (Wildman–Crippen LogP) is 4.06. The van der Waals surface area contributed by atoms with Crippen molar-refractivity contribution in [2.24, 2.45) is 20.5 Å². The molecule has 122 valence electrons. The summed E-state index contributed by atoms with van der Waals surface area (Å²) >= 11 is 0. The fourth-order valence-corrected chi connectivity index (χ4v) is 1.98. The number of nitrogens with one attached hydrogen (secondary N) is 1. The SMILES string of the molecule is CN=Nc1ccc(C(=O)Nc2ccc(N=NC)c(C(=O)O)c2)cc1. The highest BCUT2D eigenvalue weighted by Crippen LogP contribution is 2.24. The fraction of sp³-hybridized carbons (Fsp3) is 0.125. The second kappa shape index (κ2) is 7.73. The van der Waals surface area contributed by atoms with E-state index in [1.54, 1.807) is 37.4 Å². The molecule has 0 bridgehead atoms. The van der Waals surface area contributed by atoms with E-state index in [1.165, 1.54) is 19.2 Å². The number of carboxylic acid groups (broad SMARTS) is 1. The van der Waals surface area contributed by atoms with Crippen LogP contribution in [0.25, 0.3) is 0 Å². The normalized spacial score (nSPS) is 11.1. The van der Waals surface area contributed by atoms with Crippen LogP contribution in [0.5, 0.6) is 0 Å². The Labute approximate surface area is 138 Å². The molecule has 2 N–H and O–H groups in total. The lowest BCUT2D eigenvalue weighted by Gasteiger charge is -2.07. The monoisotopic (exact) mass is 325 g/mol. The van der Waals surface area contributed by atoms with Crippen LogP contribution < -0.4 is 5.32 Å². The molecular formula is C16H15N5O3. The summed E-state index contributed by atoms with van der Waals surface area (Å²) < 4.78 is 0. The topological polar surface area (TPSA) is 116 Å². The summed E-state index contributed by atoms with van der Waals surface area (Å²) in [5, 5.41) is 26.7. The van der Waals surface area contributed by atoms with Crippen molar-refractivity contribution in [1.82, 2.24) is 0 Å². The number of carbonyl (C=O) groups is 2. The average molecular weight is 325 g/mol. The Morgan fingerprint density at radius 2 is 1.62 bits per heavy atom. The van der Waals surface area contributed by atoms with Gasteiger partial charge in [-0.15, -0.1) is 0 Å². The van der Waals surface area contributed by atoms with E-state index < -0.39 is 5.97 Å². The van der Waals surface area contributed by atoms with E-state index in [2.05, 4.69) is 25.8 Å². The van der Waals surface area contributed by atoms with E-state index in [-0.39, 0.29) is 17.2 Å². The molecule has 0 aliphatic rings. The number of hydrogen-bond donors (Lipinski definition) is 2. The van der Waals surface area contributed by atoms with E-state index in [1.807, 2.05) is 0 Å². The van der Waals surface area contributed by atoms with Gasteiger partial charge in [-0.3, -0.25) is 4.79 Å². The highest BCUT2D eigenvalue weighted by atomic mass is 16.4. The summed E-state index contributed by atoms with van der Waals surface area (Å²) in [7, 11) is 3.01. The second-order valence-electron chi connectivity index (χ2n) is 4.64. The van der Waals surface area contributed by atoms with E-state index >= 15 is 0 Å². The van der Waals surface area contributed by atoms with Crippen molar-refractivity contribution in [1.29, 1.82) is 0 Å². The molecule has 0 unspecified atom stereocenters. The first kappa shape index (κ1) is 16.9. The van der Waals surface area contributed by atoms with Gasteiger partial charge in [0.25, 0.3) is 5.91 Å². The van der Waals surface area contributed by atoms with Crippen molar-refractivity contribution in [2.75, 3.05) is 19.4 Å². The number of aromatic carboxylic acids is 1. The number of carbonyl (C=O) groups excluding carboxylic acids is 1. The third kappa shape index (κ3) is 4.07. The first-order valence-corrected chi connectivity index (χ1v) is 6.93. The summed E-state index contributed by atoms with van der Waals surface area (Å²) in [6.45, 7) is 0. The Kier molecular flexibility index (Phi) is 5.45. The van der Waals surface area contributed by atoms with Crippen LogP contribution in [0.1, 0.15) is 20.7 Å². The number of amides is 1. The molecule has 8 nitrogen and oxygen atoms in total. The van der Waals surface area contributed by atoms with Crippen molar-refractivity contribution >= 4 is 28.9 Å². The molecule has 0 saturated carbocycles. The molecule has 1 amide bonds. The standard InChI is InChI=1S/C16H15N5O3/c1-17-20-11-5-3-10(4-6-11)15(22)19-12-7-8-14(21-18-2)13(9-12)16(23)24/h3-9H,1-2H3,(H,19,22)(H,23,24). The quantitative estimate of drug-likeness (QED) is 0.807. The zero-order chi connectivity index (χ0) is 17.5. The van der Waals surface area contributed by atoms with E-state index in [0.717, 1.165) is 0 Å². The van der Waals surface area contributed by atoms with Gasteiger partial charge < -0.3 is 10.4 Å². The molecule has 2 aromatic carbocycles. The fourth-order valence-electron chi connectivity index (χ4n) is 1.98. The summed E-state index contributed by atoms with van der Waals surface area (Å²) in [5.74, 6) is -1.51. The van der Waals surface area contributed by atoms with Crippen LogP contribution in [0, 0.1) is 0 Å². The smallest absolute Gasteiger partial charge is 0.338 e. The Bertz CT molecular complexity index is 813. The Morgan fingerprint density at radius 3 is 2.21 bits per heavy atom. The minimum atomic E-state index is -1.15. The lowest BCUT2D eigenvalue weighted by Crippen LogP contribution is -2.12. The van der Waals surface area contributed by atoms with Crippen LogP contribution >= 0.6 is 0 Å². The van der Waals surface area contributed by atoms with Crippen LogP contribution in [0.4, 0.5) is 17.1 Å². The summed E-state index contributed by atoms with van der Waals surface area (Å²) in [6, 6.07) is 10.9. The van der Waals surface area contributed by atoms with Gasteiger partial charge in [0.05, 0.1) is 16.9 Å². The predicted molar refractivity (Wildman–Crippen MR) is 88.7 cm³/mol. The third-order valence-corrected chi connectivity index (χ3v) is 3.04. The molecule has 0 aromatic heterocycles. The average Bonchev–Trinajstić information content (AvgIpc) is 2.57. The molecule has 0 fully saturated rings. The maximum absolute atomic E-state index is 12.2. The van der Waals surface area contributed by atoms with Crippen molar-refractivity contribution in [3.05, 3.63) is 53.6 Å². The van der Waals surface area contributed by atoms with Crippen molar-refractivity contribution < 1.29 is 14.7 Å². The summed E-state index contributed by atoms with van der Waals surface area (Å²) in [4.78, 5) is 23.5. The van der Waals surface area contributed by atoms with Crippen LogP contribution in [0.2, 0.25) is 0 Å². The number of hydrogen-bond acceptors (Lipinski definition) is 6. The highest BCUT2D eigenvalue weighted by Gasteiger charge is 2.13. The van der Waals surface area contributed by atoms with Crippen molar-refractivity contribution in [2.45, 2.75) is 0 Å². The largest absolute Gasteiger partial charge is 0.478 e. The molecule has 0 atom stereocenters. The number of nitrogens with zero attached hydrogens (tertiary/aromatic N) is 4. The molecule has 2 aromatic rings. The van der Waals surface area contributed by atoms with Gasteiger partial charge in [-0.05, 0) is 42.5 Å². The molecule has 8 heteroatoms. The van der Waals surface area contributed by atoms with Crippen LogP contribution in [-0.4, -0.2) is 31.1 Å². The van der Waals surface area contributed by atoms with E-state index in [9.17, 15) is 14.7 Å². The van der Waals surface area contributed by atoms with Gasteiger partial charge in [-0.1, -0.05) is 0 Å². The Balaban J connectivity index is 2.22. The molecule has 0 aliphatic carbocycles. The van der Waals surface area contributed by atoms with E-state index in [0.29, 0.717) is 16.9 Å². The minimum Gasteiger partial charge on any atom is -0.478 e. The number of azo groups is 2. The second-order valence-corrected chi connectivity index (χ2v) is 4.64. The van der Waals surface area contributed by atoms with Gasteiger partial charge in [-0.25, -0.2) is 4.79 Å². The Hall–Kier alpha value is -3.42. The minimum absolute atomic E-state index is 0.0443. The molecule has 0 spiro atoms. The number of benzene rings is 2. The van der Waals surface area contributed by atoms with Gasteiger partial charge in [0.1, 0.15) is 0 Å². The maximum atomic E-state index is 12.2. The van der Waals surface area contributed by atoms with Gasteiger partial charge in [0.15, 0.2) is 0 Å². The zero-order valence-corrected chi connectivity index (χ0v) is 13.1. The van der Waals surface area contributed by atoms with Crippen molar-refractivity contribution in [3.8, 4) is 0 Å². The number of anilines is 1. The molecule has 2 rings (SSSR count). The molecule has 24 heavy (non-hydrogen) atoms. The lowest BCUT2D eigenvalue weighted by molar-refractivity contribution is 0.0697. The zero-order valence-electron chi connectivity index (χ0n) is 13.1. The molecule has 0 heterocycles. The van der Waals surface area contributed by atoms with Gasteiger partial charge in [0.2, 0.25) is 0 Å². The molecule has 0 radical (unpaired) electrons. The van der Waals surface area contributed by atoms with Gasteiger partial charge in [0, 0.05) is 25.3 Å². The van der Waals surface area contributed by atoms with Crippen LogP contribution in [0.15, 0.2) is 62.9 Å². The van der Waals surface area contributed by atoms with Crippen LogP contribution in [0.3, 0.4) is 0 Å². The summed E-state index contributed by atoms with van der Waals surface area (Å²) in [5.41, 5.74) is 1.58. The first-order chi connectivity index (χ1) is 11.5.